The predicted molar refractivity (Wildman–Crippen MR) is 106 cm³/mol. The van der Waals surface area contributed by atoms with Crippen LogP contribution in [-0.2, 0) is 9.47 Å². The summed E-state index contributed by atoms with van der Waals surface area (Å²) in [6.07, 6.45) is 3.50. The number of benzene rings is 1. The smallest absolute Gasteiger partial charge is 0.293 e. The van der Waals surface area contributed by atoms with E-state index in [0.29, 0.717) is 13.2 Å². The third-order valence-electron chi connectivity index (χ3n) is 6.02. The number of amidine groups is 1. The minimum atomic E-state index is -1.54. The molecule has 3 rings (SSSR count). The number of nitrogens with two attached hydrogens (primary N) is 1. The second kappa shape index (κ2) is 7.54. The van der Waals surface area contributed by atoms with E-state index in [1.54, 1.807) is 0 Å². The second-order valence-electron chi connectivity index (χ2n) is 7.61. The molecule has 2 aliphatic rings. The first-order valence-corrected chi connectivity index (χ1v) is 10.0. The van der Waals surface area contributed by atoms with Crippen molar-refractivity contribution in [1.29, 1.82) is 10.5 Å². The summed E-state index contributed by atoms with van der Waals surface area (Å²) < 4.78 is 12.3. The number of hydrogen-bond acceptors (Lipinski definition) is 6. The van der Waals surface area contributed by atoms with Crippen LogP contribution < -0.4 is 5.73 Å². The molecular weight excluding hydrogens is 352 g/mol. The van der Waals surface area contributed by atoms with E-state index in [4.69, 9.17) is 15.2 Å². The van der Waals surface area contributed by atoms with Gasteiger partial charge in [0.1, 0.15) is 11.3 Å². The van der Waals surface area contributed by atoms with Gasteiger partial charge < -0.3 is 15.2 Å². The summed E-state index contributed by atoms with van der Waals surface area (Å²) in [4.78, 5) is 4.49. The van der Waals surface area contributed by atoms with Gasteiger partial charge in [0.15, 0.2) is 5.41 Å². The molecule has 1 aromatic rings. The Morgan fingerprint density at radius 3 is 2.18 bits per heavy atom. The van der Waals surface area contributed by atoms with Crippen LogP contribution in [0, 0.1) is 40.4 Å². The summed E-state index contributed by atoms with van der Waals surface area (Å²) in [5.74, 6) is -1.84. The average Bonchev–Trinajstić information content (AvgIpc) is 3.26. The minimum absolute atomic E-state index is 0.137. The molecule has 1 fully saturated rings. The van der Waals surface area contributed by atoms with Crippen LogP contribution in [0.15, 0.2) is 29.3 Å². The Morgan fingerprint density at radius 1 is 1.07 bits per heavy atom. The van der Waals surface area contributed by atoms with Gasteiger partial charge in [-0.3, -0.25) is 0 Å². The fraction of sp³-hybridized carbons (Fsp3) is 0.591. The van der Waals surface area contributed by atoms with E-state index < -0.39 is 22.7 Å². The molecule has 3 unspecified atom stereocenters. The van der Waals surface area contributed by atoms with E-state index >= 15 is 0 Å². The molecule has 1 saturated carbocycles. The van der Waals surface area contributed by atoms with E-state index in [9.17, 15) is 10.5 Å². The quantitative estimate of drug-likeness (QED) is 0.519. The molecule has 28 heavy (non-hydrogen) atoms. The average molecular weight is 380 g/mol. The number of ether oxygens (including phenoxy) is 2. The summed E-state index contributed by atoms with van der Waals surface area (Å²) >= 11 is 0. The van der Waals surface area contributed by atoms with Crippen molar-refractivity contribution in [2.45, 2.75) is 58.3 Å². The Hall–Kier alpha value is -2.41. The van der Waals surface area contributed by atoms with Crippen LogP contribution in [-0.4, -0.2) is 25.0 Å². The maximum Gasteiger partial charge on any atom is 0.293 e. The molecule has 0 amide bonds. The minimum Gasteiger partial charge on any atom is -0.386 e. The largest absolute Gasteiger partial charge is 0.386 e. The van der Waals surface area contributed by atoms with Gasteiger partial charge in [-0.1, -0.05) is 51.0 Å². The summed E-state index contributed by atoms with van der Waals surface area (Å²) in [5, 5.41) is 20.5. The first kappa shape index (κ1) is 20.3. The highest BCUT2D eigenvalue weighted by Crippen LogP contribution is 2.82. The summed E-state index contributed by atoms with van der Waals surface area (Å²) in [6, 6.07) is 12.5. The lowest BCUT2D eigenvalue weighted by Gasteiger charge is -2.32. The normalized spacial score (nSPS) is 29.5. The first-order valence-electron chi connectivity index (χ1n) is 10.0. The molecule has 6 heteroatoms. The fourth-order valence-electron chi connectivity index (χ4n) is 4.45. The van der Waals surface area contributed by atoms with Crippen molar-refractivity contribution in [2.24, 2.45) is 21.6 Å². The topological polar surface area (TPSA) is 104 Å². The van der Waals surface area contributed by atoms with Gasteiger partial charge in [0.2, 0.25) is 0 Å². The van der Waals surface area contributed by atoms with Gasteiger partial charge >= 0.3 is 0 Å². The zero-order valence-corrected chi connectivity index (χ0v) is 16.9. The lowest BCUT2D eigenvalue weighted by Crippen LogP contribution is -2.44. The standard InChI is InChI=1S/C22H28N4O2/c1-4-6-12-27-22(28-13-7-5-2)21(15-24)18(17-11-9-8-10-16(17)3)20(21,14-23)19(25)26-22/h8-11,18H,4-7,12-13H2,1-3H3,(H2,25,26). The van der Waals surface area contributed by atoms with E-state index in [2.05, 4.69) is 31.0 Å². The molecule has 1 aromatic carbocycles. The van der Waals surface area contributed by atoms with Crippen molar-refractivity contribution in [3.05, 3.63) is 35.4 Å². The summed E-state index contributed by atoms with van der Waals surface area (Å²) in [6.45, 7) is 6.89. The molecule has 148 valence electrons. The van der Waals surface area contributed by atoms with Crippen molar-refractivity contribution < 1.29 is 9.47 Å². The molecule has 1 aliphatic carbocycles. The Balaban J connectivity index is 2.12. The van der Waals surface area contributed by atoms with E-state index in [0.717, 1.165) is 36.8 Å². The molecular formula is C22H28N4O2. The highest BCUT2D eigenvalue weighted by atomic mass is 16.7. The molecule has 2 N–H and O–H groups in total. The zero-order valence-electron chi connectivity index (χ0n) is 16.9. The molecule has 3 atom stereocenters. The number of aryl methyl sites for hydroxylation is 1. The van der Waals surface area contributed by atoms with E-state index in [1.165, 1.54) is 0 Å². The molecule has 0 aromatic heterocycles. The molecule has 6 nitrogen and oxygen atoms in total. The van der Waals surface area contributed by atoms with Crippen molar-refractivity contribution in [1.82, 2.24) is 0 Å². The monoisotopic (exact) mass is 380 g/mol. The van der Waals surface area contributed by atoms with Crippen LogP contribution in [0.2, 0.25) is 0 Å². The maximum atomic E-state index is 10.4. The van der Waals surface area contributed by atoms with Crippen LogP contribution in [0.1, 0.15) is 56.6 Å². The third kappa shape index (κ3) is 2.49. The van der Waals surface area contributed by atoms with Gasteiger partial charge in [-0.05, 0) is 30.9 Å². The molecule has 1 aliphatic heterocycles. The van der Waals surface area contributed by atoms with Gasteiger partial charge in [-0.2, -0.15) is 10.5 Å². The van der Waals surface area contributed by atoms with Gasteiger partial charge in [0, 0.05) is 5.92 Å². The second-order valence-corrected chi connectivity index (χ2v) is 7.61. The van der Waals surface area contributed by atoms with E-state index in [1.807, 2.05) is 31.2 Å². The van der Waals surface area contributed by atoms with Crippen molar-refractivity contribution >= 4 is 5.84 Å². The zero-order chi connectivity index (χ0) is 20.4. The summed E-state index contributed by atoms with van der Waals surface area (Å²) in [5.41, 5.74) is 5.72. The lowest BCUT2D eigenvalue weighted by molar-refractivity contribution is -0.260. The van der Waals surface area contributed by atoms with Crippen LogP contribution in [0.5, 0.6) is 0 Å². The summed E-state index contributed by atoms with van der Waals surface area (Å²) in [7, 11) is 0. The molecule has 1 heterocycles. The molecule has 0 saturated heterocycles. The van der Waals surface area contributed by atoms with Crippen LogP contribution in [0.3, 0.4) is 0 Å². The van der Waals surface area contributed by atoms with Gasteiger partial charge in [-0.25, -0.2) is 4.99 Å². The first-order chi connectivity index (χ1) is 13.5. The van der Waals surface area contributed by atoms with Crippen molar-refractivity contribution in [2.75, 3.05) is 13.2 Å². The highest BCUT2D eigenvalue weighted by molar-refractivity contribution is 6.00. The number of fused-ring (bicyclic) bond motifs is 1. The lowest BCUT2D eigenvalue weighted by atomic mass is 9.93. The molecule has 0 bridgehead atoms. The predicted octanol–water partition coefficient (Wildman–Crippen LogP) is 3.77. The third-order valence-corrected chi connectivity index (χ3v) is 6.02. The number of hydrogen-bond donors (Lipinski definition) is 1. The number of unbranched alkanes of at least 4 members (excludes halogenated alkanes) is 2. The Bertz CT molecular complexity index is 843. The van der Waals surface area contributed by atoms with Gasteiger partial charge in [-0.15, -0.1) is 0 Å². The Kier molecular flexibility index (Phi) is 5.48. The number of rotatable bonds is 9. The van der Waals surface area contributed by atoms with Crippen LogP contribution in [0.25, 0.3) is 0 Å². The molecule has 0 radical (unpaired) electrons. The molecule has 0 spiro atoms. The number of nitriles is 2. The van der Waals surface area contributed by atoms with Crippen molar-refractivity contribution in [3.8, 4) is 12.1 Å². The van der Waals surface area contributed by atoms with Crippen LogP contribution >= 0.6 is 0 Å². The number of nitrogens with zero attached hydrogens (tertiary/aromatic N) is 3. The maximum absolute atomic E-state index is 10.4. The Labute approximate surface area is 167 Å². The van der Waals surface area contributed by atoms with Crippen molar-refractivity contribution in [3.63, 3.8) is 0 Å². The van der Waals surface area contributed by atoms with Gasteiger partial charge in [0.05, 0.1) is 25.4 Å². The Morgan fingerprint density at radius 2 is 1.68 bits per heavy atom. The fourth-order valence-corrected chi connectivity index (χ4v) is 4.45. The van der Waals surface area contributed by atoms with E-state index in [-0.39, 0.29) is 5.84 Å². The van der Waals surface area contributed by atoms with Gasteiger partial charge in [0.25, 0.3) is 5.91 Å². The van der Waals surface area contributed by atoms with Crippen LogP contribution in [0.4, 0.5) is 0 Å². The number of aliphatic imine (C=N–C) groups is 1. The SMILES string of the molecule is CCCCOC1(OCCCC)N=C(N)C2(C#N)C(c3ccccc3C)C12C#N. The highest BCUT2D eigenvalue weighted by Gasteiger charge is 2.93.